The fourth-order valence-electron chi connectivity index (χ4n) is 0.813. The third-order valence-electron chi connectivity index (χ3n) is 1.54. The van der Waals surface area contributed by atoms with Crippen LogP contribution in [0.3, 0.4) is 0 Å². The van der Waals surface area contributed by atoms with Crippen molar-refractivity contribution in [2.45, 2.75) is 25.1 Å². The number of carboxylic acid groups (broad SMARTS) is 1. The van der Waals surface area contributed by atoms with Crippen molar-refractivity contribution in [1.82, 2.24) is 0 Å². The second-order valence-electron chi connectivity index (χ2n) is 3.16. The van der Waals surface area contributed by atoms with E-state index in [9.17, 15) is 31.2 Å². The molecule has 0 aromatic rings. The van der Waals surface area contributed by atoms with Crippen LogP contribution in [0.5, 0.6) is 0 Å². The molecule has 0 aliphatic rings. The number of alkyl halides is 3. The highest BCUT2D eigenvalue weighted by atomic mass is 32.2. The van der Waals surface area contributed by atoms with E-state index in [0.29, 0.717) is 0 Å². The maximum absolute atomic E-state index is 12.2. The van der Waals surface area contributed by atoms with Gasteiger partial charge in [-0.25, -0.2) is 0 Å². The van der Waals surface area contributed by atoms with Crippen LogP contribution in [0.15, 0.2) is 0 Å². The molecule has 0 fully saturated rings. The Morgan fingerprint density at radius 3 is 2.06 bits per heavy atom. The Labute approximate surface area is 99.3 Å². The predicted molar refractivity (Wildman–Crippen MR) is 49.2 cm³/mol. The van der Waals surface area contributed by atoms with Crippen molar-refractivity contribution in [2.75, 3.05) is 5.75 Å². The molecule has 0 aliphatic heterocycles. The number of hydrogen-bond acceptors (Lipinski definition) is 5. The summed E-state index contributed by atoms with van der Waals surface area (Å²) in [6.45, 7) is 0. The molecular formula is C7H9F3O7S. The van der Waals surface area contributed by atoms with E-state index >= 15 is 0 Å². The van der Waals surface area contributed by atoms with Crippen LogP contribution in [0.2, 0.25) is 0 Å². The number of rotatable bonds is 6. The Kier molecular flexibility index (Phi) is 5.55. The lowest BCUT2D eigenvalue weighted by Gasteiger charge is -2.19. The van der Waals surface area contributed by atoms with E-state index in [1.165, 1.54) is 0 Å². The van der Waals surface area contributed by atoms with Gasteiger partial charge in [-0.05, 0) is 0 Å². The molecule has 0 heterocycles. The number of carbonyl (C=O) groups excluding carboxylic acids is 1. The van der Waals surface area contributed by atoms with Gasteiger partial charge in [-0.2, -0.15) is 21.6 Å². The molecule has 0 spiro atoms. The summed E-state index contributed by atoms with van der Waals surface area (Å²) in [7, 11) is -5.00. The highest BCUT2D eigenvalue weighted by Gasteiger charge is 2.45. The fourth-order valence-corrected chi connectivity index (χ4v) is 1.45. The minimum Gasteiger partial charge on any atom is -0.481 e. The normalized spacial score (nSPS) is 14.0. The minimum atomic E-state index is -5.19. The van der Waals surface area contributed by atoms with Gasteiger partial charge in [0, 0.05) is 0 Å². The Bertz CT molecular complexity index is 413. The summed E-state index contributed by atoms with van der Waals surface area (Å²) in [4.78, 5) is 20.9. The van der Waals surface area contributed by atoms with Crippen LogP contribution in [0.4, 0.5) is 13.2 Å². The van der Waals surface area contributed by atoms with E-state index < -0.39 is 52.9 Å². The van der Waals surface area contributed by atoms with Gasteiger partial charge < -0.3 is 9.84 Å². The molecule has 0 bridgehead atoms. The molecule has 1 unspecified atom stereocenters. The van der Waals surface area contributed by atoms with Crippen molar-refractivity contribution >= 4 is 22.1 Å². The van der Waals surface area contributed by atoms with Gasteiger partial charge in [0.25, 0.3) is 10.1 Å². The van der Waals surface area contributed by atoms with Crippen molar-refractivity contribution in [3.8, 4) is 0 Å². The van der Waals surface area contributed by atoms with E-state index in [0.717, 1.165) is 0 Å². The van der Waals surface area contributed by atoms with Crippen LogP contribution in [0, 0.1) is 0 Å². The summed E-state index contributed by atoms with van der Waals surface area (Å²) in [6.07, 6.45) is -9.81. The summed E-state index contributed by atoms with van der Waals surface area (Å²) in [5, 5.41) is 8.18. The summed E-state index contributed by atoms with van der Waals surface area (Å²) >= 11 is 0. The lowest BCUT2D eigenvalue weighted by Crippen LogP contribution is -2.39. The number of carbonyl (C=O) groups is 2. The number of aliphatic carboxylic acids is 1. The average molecular weight is 294 g/mol. The molecule has 0 saturated heterocycles. The monoisotopic (exact) mass is 294 g/mol. The standard InChI is InChI=1S/C7H9F3O7S/c8-7(9,10)4(3-18(14,15)16)17-6(13)2-1-5(11)12/h4H,1-3H2,(H,11,12)(H,14,15,16). The van der Waals surface area contributed by atoms with E-state index in [4.69, 9.17) is 9.66 Å². The first-order chi connectivity index (χ1) is 7.92. The first-order valence-corrected chi connectivity index (χ1v) is 5.96. The highest BCUT2D eigenvalue weighted by molar-refractivity contribution is 7.85. The summed E-state index contributed by atoms with van der Waals surface area (Å²) < 4.78 is 69.4. The first-order valence-electron chi connectivity index (χ1n) is 4.35. The predicted octanol–water partition coefficient (Wildman–Crippen LogP) is 0.213. The zero-order chi connectivity index (χ0) is 14.6. The number of halogens is 3. The molecule has 0 aromatic carbocycles. The van der Waals surface area contributed by atoms with Gasteiger partial charge in [-0.15, -0.1) is 0 Å². The van der Waals surface area contributed by atoms with E-state index in [2.05, 4.69) is 4.74 Å². The largest absolute Gasteiger partial charge is 0.481 e. The third-order valence-corrected chi connectivity index (χ3v) is 2.27. The van der Waals surface area contributed by atoms with Crippen molar-refractivity contribution in [1.29, 1.82) is 0 Å². The van der Waals surface area contributed by atoms with Crippen molar-refractivity contribution in [3.63, 3.8) is 0 Å². The first kappa shape index (κ1) is 16.6. The zero-order valence-corrected chi connectivity index (χ0v) is 9.49. The molecule has 0 aliphatic carbocycles. The number of carboxylic acids is 1. The van der Waals surface area contributed by atoms with Crippen LogP contribution < -0.4 is 0 Å². The van der Waals surface area contributed by atoms with Gasteiger partial charge in [-0.1, -0.05) is 0 Å². The zero-order valence-electron chi connectivity index (χ0n) is 8.68. The number of ether oxygens (including phenoxy) is 1. The van der Waals surface area contributed by atoms with Crippen LogP contribution >= 0.6 is 0 Å². The Balaban J connectivity index is 4.61. The van der Waals surface area contributed by atoms with Crippen LogP contribution in [0.25, 0.3) is 0 Å². The topological polar surface area (TPSA) is 118 Å². The van der Waals surface area contributed by atoms with Gasteiger partial charge >= 0.3 is 18.1 Å². The maximum atomic E-state index is 12.2. The molecule has 106 valence electrons. The average Bonchev–Trinajstić information content (AvgIpc) is 2.10. The Morgan fingerprint density at radius 1 is 1.22 bits per heavy atom. The molecule has 0 radical (unpaired) electrons. The Morgan fingerprint density at radius 2 is 1.72 bits per heavy atom. The quantitative estimate of drug-likeness (QED) is 0.531. The second-order valence-corrected chi connectivity index (χ2v) is 4.66. The molecule has 2 N–H and O–H groups in total. The lowest BCUT2D eigenvalue weighted by atomic mass is 10.3. The molecule has 18 heavy (non-hydrogen) atoms. The van der Waals surface area contributed by atoms with Crippen LogP contribution in [-0.2, 0) is 24.4 Å². The molecule has 7 nitrogen and oxygen atoms in total. The SMILES string of the molecule is O=C(O)CCC(=O)OC(CS(=O)(=O)O)C(F)(F)F. The summed E-state index contributed by atoms with van der Waals surface area (Å²) in [5.74, 6) is -4.79. The second kappa shape index (κ2) is 6.00. The van der Waals surface area contributed by atoms with Crippen molar-refractivity contribution in [2.24, 2.45) is 0 Å². The number of hydrogen-bond donors (Lipinski definition) is 2. The van der Waals surface area contributed by atoms with Gasteiger partial charge in [0.1, 0.15) is 5.75 Å². The molecule has 0 rings (SSSR count). The van der Waals surface area contributed by atoms with Gasteiger partial charge in [0.15, 0.2) is 0 Å². The maximum Gasteiger partial charge on any atom is 0.426 e. The van der Waals surface area contributed by atoms with Crippen LogP contribution in [0.1, 0.15) is 12.8 Å². The summed E-state index contributed by atoms with van der Waals surface area (Å²) in [6, 6.07) is 0. The number of esters is 1. The van der Waals surface area contributed by atoms with Gasteiger partial charge in [-0.3, -0.25) is 14.1 Å². The minimum absolute atomic E-state index is 0.755. The molecule has 11 heteroatoms. The van der Waals surface area contributed by atoms with Crippen LogP contribution in [-0.4, -0.2) is 48.0 Å². The molecule has 1 atom stereocenters. The van der Waals surface area contributed by atoms with E-state index in [1.54, 1.807) is 0 Å². The third kappa shape index (κ3) is 7.84. The fraction of sp³-hybridized carbons (Fsp3) is 0.714. The van der Waals surface area contributed by atoms with E-state index in [1.807, 2.05) is 0 Å². The van der Waals surface area contributed by atoms with E-state index in [-0.39, 0.29) is 0 Å². The lowest BCUT2D eigenvalue weighted by molar-refractivity contribution is -0.215. The van der Waals surface area contributed by atoms with Crippen molar-refractivity contribution < 1.29 is 45.6 Å². The van der Waals surface area contributed by atoms with Gasteiger partial charge in [0.2, 0.25) is 6.10 Å². The highest BCUT2D eigenvalue weighted by Crippen LogP contribution is 2.24. The molecule has 0 saturated carbocycles. The summed E-state index contributed by atoms with van der Waals surface area (Å²) in [5.41, 5.74) is 0. The molecular weight excluding hydrogens is 285 g/mol. The smallest absolute Gasteiger partial charge is 0.426 e. The molecule has 0 aromatic heterocycles. The Hall–Kier alpha value is -1.36. The van der Waals surface area contributed by atoms with Gasteiger partial charge in [0.05, 0.1) is 12.8 Å². The molecule has 0 amide bonds. The van der Waals surface area contributed by atoms with Crippen molar-refractivity contribution in [3.05, 3.63) is 0 Å².